The van der Waals surface area contributed by atoms with E-state index in [0.717, 1.165) is 4.88 Å². The fourth-order valence-electron chi connectivity index (χ4n) is 1.14. The first-order valence-electron chi connectivity index (χ1n) is 3.98. The first kappa shape index (κ1) is 8.87. The molecule has 0 bridgehead atoms. The lowest BCUT2D eigenvalue weighted by atomic mass is 10.2. The molecule has 13 heavy (non-hydrogen) atoms. The summed E-state index contributed by atoms with van der Waals surface area (Å²) in [6.07, 6.45) is 1.79. The quantitative estimate of drug-likeness (QED) is 0.827. The number of aromatic nitrogens is 1. The second kappa shape index (κ2) is 3.57. The number of nitrogens with zero attached hydrogens (tertiary/aromatic N) is 1. The molecule has 0 aliphatic heterocycles. The highest BCUT2D eigenvalue weighted by atomic mass is 32.1. The van der Waals surface area contributed by atoms with E-state index in [2.05, 4.69) is 22.7 Å². The van der Waals surface area contributed by atoms with Gasteiger partial charge in [-0.3, -0.25) is 0 Å². The van der Waals surface area contributed by atoms with E-state index in [-0.39, 0.29) is 6.04 Å². The number of thiophene rings is 1. The van der Waals surface area contributed by atoms with E-state index in [0.29, 0.717) is 0 Å². The van der Waals surface area contributed by atoms with Crippen molar-refractivity contribution in [2.45, 2.75) is 13.0 Å². The van der Waals surface area contributed by atoms with Crippen LogP contribution in [0.3, 0.4) is 0 Å². The van der Waals surface area contributed by atoms with E-state index in [1.807, 2.05) is 6.07 Å². The first-order valence-corrected chi connectivity index (χ1v) is 5.64. The fraction of sp³-hybridized carbons (Fsp3) is 0.222. The van der Waals surface area contributed by atoms with Crippen LogP contribution in [0.1, 0.15) is 21.4 Å². The Kier molecular flexibility index (Phi) is 2.44. The van der Waals surface area contributed by atoms with Gasteiger partial charge in [-0.05, 0) is 41.5 Å². The molecule has 1 atom stereocenters. The van der Waals surface area contributed by atoms with E-state index in [1.165, 1.54) is 22.0 Å². The Morgan fingerprint density at radius 3 is 2.85 bits per heavy atom. The zero-order valence-corrected chi connectivity index (χ0v) is 8.86. The average molecular weight is 210 g/mol. The molecule has 0 spiro atoms. The lowest BCUT2D eigenvalue weighted by Gasteiger charge is -2.04. The predicted octanol–water partition coefficient (Wildman–Crippen LogP) is 2.56. The van der Waals surface area contributed by atoms with Crippen molar-refractivity contribution in [1.82, 2.24) is 4.37 Å². The minimum atomic E-state index is 0.00574. The largest absolute Gasteiger partial charge is 0.319 e. The van der Waals surface area contributed by atoms with Crippen LogP contribution in [0, 0.1) is 6.92 Å². The smallest absolute Gasteiger partial charge is 0.0756 e. The molecule has 0 amide bonds. The minimum Gasteiger partial charge on any atom is -0.319 e. The third-order valence-corrected chi connectivity index (χ3v) is 3.78. The summed E-state index contributed by atoms with van der Waals surface area (Å²) < 4.78 is 4.04. The highest BCUT2D eigenvalue weighted by Crippen LogP contribution is 2.27. The first-order chi connectivity index (χ1) is 6.27. The van der Waals surface area contributed by atoms with Crippen LogP contribution in [0.2, 0.25) is 0 Å². The number of nitrogens with two attached hydrogens (primary N) is 1. The van der Waals surface area contributed by atoms with Gasteiger partial charge in [0.25, 0.3) is 0 Å². The summed E-state index contributed by atoms with van der Waals surface area (Å²) in [7, 11) is 0. The van der Waals surface area contributed by atoms with Gasteiger partial charge in [0, 0.05) is 16.0 Å². The Morgan fingerprint density at radius 1 is 1.46 bits per heavy atom. The third-order valence-electron chi connectivity index (χ3n) is 1.82. The van der Waals surface area contributed by atoms with E-state index >= 15 is 0 Å². The maximum atomic E-state index is 6.05. The van der Waals surface area contributed by atoms with Gasteiger partial charge in [0.2, 0.25) is 0 Å². The molecule has 2 rings (SSSR count). The van der Waals surface area contributed by atoms with Gasteiger partial charge in [-0.2, -0.15) is 0 Å². The summed E-state index contributed by atoms with van der Waals surface area (Å²) in [5.74, 6) is 0. The van der Waals surface area contributed by atoms with Gasteiger partial charge in [0.15, 0.2) is 0 Å². The normalized spacial score (nSPS) is 13.1. The highest BCUT2D eigenvalue weighted by Gasteiger charge is 2.11. The topological polar surface area (TPSA) is 38.9 Å². The van der Waals surface area contributed by atoms with Gasteiger partial charge < -0.3 is 5.73 Å². The van der Waals surface area contributed by atoms with Gasteiger partial charge in [-0.25, -0.2) is 4.37 Å². The third kappa shape index (κ3) is 1.80. The fourth-order valence-corrected chi connectivity index (χ4v) is 2.74. The molecule has 2 aromatic heterocycles. The van der Waals surface area contributed by atoms with Gasteiger partial charge in [0.1, 0.15) is 0 Å². The maximum absolute atomic E-state index is 6.05. The summed E-state index contributed by atoms with van der Waals surface area (Å²) in [4.78, 5) is 2.34. The van der Waals surface area contributed by atoms with Crippen LogP contribution < -0.4 is 5.73 Å². The van der Waals surface area contributed by atoms with Gasteiger partial charge in [0.05, 0.1) is 6.04 Å². The van der Waals surface area contributed by atoms with Crippen molar-refractivity contribution in [2.24, 2.45) is 5.73 Å². The molecule has 1 unspecified atom stereocenters. The van der Waals surface area contributed by atoms with Crippen LogP contribution in [0.15, 0.2) is 23.7 Å². The Labute approximate surface area is 85.2 Å². The second-order valence-electron chi connectivity index (χ2n) is 2.92. The summed E-state index contributed by atoms with van der Waals surface area (Å²) >= 11 is 3.18. The van der Waals surface area contributed by atoms with Crippen molar-refractivity contribution < 1.29 is 0 Å². The zero-order valence-electron chi connectivity index (χ0n) is 7.23. The molecular weight excluding hydrogens is 200 g/mol. The Morgan fingerprint density at radius 2 is 2.31 bits per heavy atom. The molecule has 2 aromatic rings. The van der Waals surface area contributed by atoms with E-state index < -0.39 is 0 Å². The van der Waals surface area contributed by atoms with Gasteiger partial charge >= 0.3 is 0 Å². The maximum Gasteiger partial charge on any atom is 0.0756 e. The summed E-state index contributed by atoms with van der Waals surface area (Å²) in [5, 5.41) is 2.12. The number of hydrogen-bond acceptors (Lipinski definition) is 4. The van der Waals surface area contributed by atoms with Crippen molar-refractivity contribution in [2.75, 3.05) is 0 Å². The van der Waals surface area contributed by atoms with Crippen LogP contribution >= 0.6 is 22.9 Å². The Bertz CT molecular complexity index is 378. The Balaban J connectivity index is 2.28. The van der Waals surface area contributed by atoms with Gasteiger partial charge in [-0.15, -0.1) is 11.3 Å². The minimum absolute atomic E-state index is 0.00574. The average Bonchev–Trinajstić information content (AvgIpc) is 2.72. The van der Waals surface area contributed by atoms with Crippen molar-refractivity contribution in [3.63, 3.8) is 0 Å². The molecule has 0 aliphatic rings. The van der Waals surface area contributed by atoms with E-state index in [4.69, 9.17) is 5.73 Å². The Hall–Kier alpha value is -0.710. The molecule has 2 nitrogen and oxygen atoms in total. The van der Waals surface area contributed by atoms with Crippen molar-refractivity contribution in [3.8, 4) is 0 Å². The molecule has 68 valence electrons. The van der Waals surface area contributed by atoms with Crippen LogP contribution in [0.4, 0.5) is 0 Å². The van der Waals surface area contributed by atoms with Crippen molar-refractivity contribution >= 4 is 22.9 Å². The lowest BCUT2D eigenvalue weighted by Crippen LogP contribution is -2.07. The monoisotopic (exact) mass is 210 g/mol. The molecule has 0 aromatic carbocycles. The molecule has 2 N–H and O–H groups in total. The van der Waals surface area contributed by atoms with Crippen LogP contribution in [-0.4, -0.2) is 4.37 Å². The molecule has 4 heteroatoms. The summed E-state index contributed by atoms with van der Waals surface area (Å²) in [6.45, 7) is 2.08. The zero-order chi connectivity index (χ0) is 9.26. The molecule has 0 saturated heterocycles. The SMILES string of the molecule is Cc1csc(C(N)c2ccns2)c1. The number of hydrogen-bond donors (Lipinski definition) is 1. The molecule has 0 aliphatic carbocycles. The van der Waals surface area contributed by atoms with Crippen LogP contribution in [0.25, 0.3) is 0 Å². The van der Waals surface area contributed by atoms with Gasteiger partial charge in [-0.1, -0.05) is 0 Å². The predicted molar refractivity (Wildman–Crippen MR) is 57.2 cm³/mol. The van der Waals surface area contributed by atoms with Crippen molar-refractivity contribution in [3.05, 3.63) is 39.0 Å². The molecule has 0 radical (unpaired) electrons. The van der Waals surface area contributed by atoms with Crippen LogP contribution in [-0.2, 0) is 0 Å². The van der Waals surface area contributed by atoms with Crippen molar-refractivity contribution in [1.29, 1.82) is 0 Å². The molecular formula is C9H10N2S2. The van der Waals surface area contributed by atoms with E-state index in [1.54, 1.807) is 17.5 Å². The van der Waals surface area contributed by atoms with E-state index in [9.17, 15) is 0 Å². The van der Waals surface area contributed by atoms with Crippen LogP contribution in [0.5, 0.6) is 0 Å². The second-order valence-corrected chi connectivity index (χ2v) is 4.73. The number of rotatable bonds is 2. The molecule has 0 saturated carbocycles. The summed E-state index contributed by atoms with van der Waals surface area (Å²) in [6, 6.07) is 4.12. The lowest BCUT2D eigenvalue weighted by molar-refractivity contribution is 0.916. The summed E-state index contributed by atoms with van der Waals surface area (Å²) in [5.41, 5.74) is 7.33. The molecule has 2 heterocycles. The standard InChI is InChI=1S/C9H10N2S2/c1-6-4-8(12-5-6)9(10)7-2-3-11-13-7/h2-5,9H,10H2,1H3. The number of aryl methyl sites for hydroxylation is 1. The highest BCUT2D eigenvalue weighted by molar-refractivity contribution is 7.10. The molecule has 0 fully saturated rings.